The van der Waals surface area contributed by atoms with Gasteiger partial charge in [0.15, 0.2) is 11.5 Å². The average molecular weight is 309 g/mol. The third-order valence-corrected chi connectivity index (χ3v) is 4.24. The Morgan fingerprint density at radius 3 is 2.78 bits per heavy atom. The summed E-state index contributed by atoms with van der Waals surface area (Å²) in [5, 5.41) is 0. The van der Waals surface area contributed by atoms with Crippen LogP contribution in [0.1, 0.15) is 35.2 Å². The quantitative estimate of drug-likeness (QED) is 0.784. The Labute approximate surface area is 114 Å². The predicted molar refractivity (Wildman–Crippen MR) is 72.5 cm³/mol. The van der Waals surface area contributed by atoms with Crippen LogP contribution in [0.2, 0.25) is 0 Å². The Bertz CT molecular complexity index is 544. The van der Waals surface area contributed by atoms with Crippen LogP contribution in [0.25, 0.3) is 4.48 Å². The lowest BCUT2D eigenvalue weighted by Crippen LogP contribution is -2.42. The fourth-order valence-corrected chi connectivity index (χ4v) is 3.15. The van der Waals surface area contributed by atoms with Gasteiger partial charge in [0.05, 0.1) is 7.11 Å². The molecule has 1 aromatic rings. The molecule has 0 saturated heterocycles. The van der Waals surface area contributed by atoms with Gasteiger partial charge in [-0.05, 0) is 37.5 Å². The molecule has 0 N–H and O–H groups in total. The number of hydrogen-bond donors (Lipinski definition) is 0. The van der Waals surface area contributed by atoms with Gasteiger partial charge in [0.2, 0.25) is 0 Å². The second-order valence-corrected chi connectivity index (χ2v) is 5.58. The highest BCUT2D eigenvalue weighted by Crippen LogP contribution is 2.50. The monoisotopic (exact) mass is 308 g/mol. The maximum Gasteiger partial charge on any atom is 0.170 e. The van der Waals surface area contributed by atoms with Crippen molar-refractivity contribution in [2.75, 3.05) is 7.11 Å². The average Bonchev–Trinajstić information content (AvgIpc) is 2.35. The molecule has 4 heteroatoms. The molecule has 18 heavy (non-hydrogen) atoms. The highest BCUT2D eigenvalue weighted by atomic mass is 79.9. The van der Waals surface area contributed by atoms with Gasteiger partial charge in [-0.1, -0.05) is 15.9 Å². The van der Waals surface area contributed by atoms with E-state index in [1.54, 1.807) is 13.2 Å². The molecule has 1 fully saturated rings. The number of fused-ring (bicyclic) bond motifs is 1. The highest BCUT2D eigenvalue weighted by molar-refractivity contribution is 9.15. The smallest absolute Gasteiger partial charge is 0.170 e. The number of carbonyl (C=O) groups is 1. The molecule has 1 saturated carbocycles. The van der Waals surface area contributed by atoms with Gasteiger partial charge in [0, 0.05) is 15.6 Å². The van der Waals surface area contributed by atoms with Crippen molar-refractivity contribution in [3.05, 3.63) is 29.3 Å². The Morgan fingerprint density at radius 1 is 1.44 bits per heavy atom. The molecule has 0 unspecified atom stereocenters. The fraction of sp³-hybridized carbons (Fsp3) is 0.357. The van der Waals surface area contributed by atoms with E-state index in [-0.39, 0.29) is 5.60 Å². The van der Waals surface area contributed by atoms with E-state index in [4.69, 9.17) is 9.47 Å². The summed E-state index contributed by atoms with van der Waals surface area (Å²) in [5.41, 5.74) is 1.29. The van der Waals surface area contributed by atoms with Gasteiger partial charge in [-0.3, -0.25) is 4.79 Å². The summed E-state index contributed by atoms with van der Waals surface area (Å²) in [4.78, 5) is 10.9. The van der Waals surface area contributed by atoms with Crippen LogP contribution in [0.4, 0.5) is 0 Å². The van der Waals surface area contributed by atoms with Crippen molar-refractivity contribution < 1.29 is 14.3 Å². The van der Waals surface area contributed by atoms with Crippen LogP contribution in [-0.4, -0.2) is 19.0 Å². The van der Waals surface area contributed by atoms with Crippen LogP contribution < -0.4 is 9.47 Å². The van der Waals surface area contributed by atoms with Gasteiger partial charge in [-0.2, -0.15) is 0 Å². The second-order valence-electron chi connectivity index (χ2n) is 4.73. The molecule has 3 nitrogen and oxygen atoms in total. The molecule has 1 spiro atoms. The van der Waals surface area contributed by atoms with E-state index >= 15 is 0 Å². The first-order valence-corrected chi connectivity index (χ1v) is 6.72. The van der Waals surface area contributed by atoms with E-state index in [0.29, 0.717) is 11.3 Å². The van der Waals surface area contributed by atoms with Crippen LogP contribution in [0.3, 0.4) is 0 Å². The lowest BCUT2D eigenvalue weighted by Gasteiger charge is -2.43. The molecule has 0 aromatic heterocycles. The Hall–Kier alpha value is -1.29. The summed E-state index contributed by atoms with van der Waals surface area (Å²) in [6, 6.07) is 3.53. The van der Waals surface area contributed by atoms with E-state index in [0.717, 1.165) is 34.9 Å². The van der Waals surface area contributed by atoms with Crippen LogP contribution in [-0.2, 0) is 0 Å². The summed E-state index contributed by atoms with van der Waals surface area (Å²) < 4.78 is 12.4. The van der Waals surface area contributed by atoms with Crippen molar-refractivity contribution in [2.24, 2.45) is 0 Å². The van der Waals surface area contributed by atoms with Gasteiger partial charge in [-0.25, -0.2) is 0 Å². The summed E-state index contributed by atoms with van der Waals surface area (Å²) in [6.45, 7) is 0. The van der Waals surface area contributed by atoms with E-state index in [9.17, 15) is 4.79 Å². The molecule has 2 aliphatic rings. The van der Waals surface area contributed by atoms with Crippen molar-refractivity contribution in [2.45, 2.75) is 24.9 Å². The van der Waals surface area contributed by atoms with Crippen molar-refractivity contribution in [3.8, 4) is 11.5 Å². The van der Waals surface area contributed by atoms with E-state index < -0.39 is 0 Å². The first kappa shape index (κ1) is 11.8. The molecule has 1 aromatic carbocycles. The number of aldehydes is 1. The summed E-state index contributed by atoms with van der Waals surface area (Å²) >= 11 is 3.57. The Kier molecular flexibility index (Phi) is 2.70. The first-order chi connectivity index (χ1) is 8.67. The third kappa shape index (κ3) is 1.67. The summed E-state index contributed by atoms with van der Waals surface area (Å²) in [5.74, 6) is 1.35. The minimum Gasteiger partial charge on any atom is -0.493 e. The normalized spacial score (nSPS) is 19.3. The summed E-state index contributed by atoms with van der Waals surface area (Å²) in [6.07, 6.45) is 6.16. The molecule has 0 atom stereocenters. The summed E-state index contributed by atoms with van der Waals surface area (Å²) in [7, 11) is 1.59. The van der Waals surface area contributed by atoms with Crippen LogP contribution >= 0.6 is 15.9 Å². The molecule has 94 valence electrons. The van der Waals surface area contributed by atoms with Crippen LogP contribution in [0.5, 0.6) is 11.5 Å². The standard InChI is InChI=1S/C14H13BrO3/c1-17-12-6-9(8-16)5-10-11(15)7-14(3-2-4-14)18-13(10)12/h5-8H,2-4H2,1H3. The van der Waals surface area contributed by atoms with Crippen molar-refractivity contribution in [1.82, 2.24) is 0 Å². The lowest BCUT2D eigenvalue weighted by atomic mass is 9.78. The molecular formula is C14H13BrO3. The van der Waals surface area contributed by atoms with Crippen LogP contribution in [0.15, 0.2) is 18.2 Å². The Morgan fingerprint density at radius 2 is 2.22 bits per heavy atom. The molecule has 1 heterocycles. The van der Waals surface area contributed by atoms with Gasteiger partial charge < -0.3 is 9.47 Å². The second kappa shape index (κ2) is 4.12. The molecular weight excluding hydrogens is 296 g/mol. The minimum absolute atomic E-state index is 0.179. The SMILES string of the molecule is COc1cc(C=O)cc2c1OC1(C=C2Br)CCC1. The number of halogens is 1. The number of benzene rings is 1. The van der Waals surface area contributed by atoms with E-state index in [1.165, 1.54) is 6.42 Å². The predicted octanol–water partition coefficient (Wildman–Crippen LogP) is 3.56. The molecule has 1 aliphatic carbocycles. The maximum atomic E-state index is 10.9. The topological polar surface area (TPSA) is 35.5 Å². The van der Waals surface area contributed by atoms with E-state index in [1.807, 2.05) is 6.07 Å². The van der Waals surface area contributed by atoms with Gasteiger partial charge >= 0.3 is 0 Å². The van der Waals surface area contributed by atoms with Gasteiger partial charge in [0.1, 0.15) is 11.9 Å². The minimum atomic E-state index is -0.179. The molecule has 0 bridgehead atoms. The molecule has 1 aliphatic heterocycles. The third-order valence-electron chi connectivity index (χ3n) is 3.59. The van der Waals surface area contributed by atoms with Crippen molar-refractivity contribution >= 4 is 26.7 Å². The number of methoxy groups -OCH3 is 1. The van der Waals surface area contributed by atoms with Gasteiger partial charge in [0.25, 0.3) is 0 Å². The fourth-order valence-electron chi connectivity index (χ4n) is 2.44. The van der Waals surface area contributed by atoms with Crippen molar-refractivity contribution in [3.63, 3.8) is 0 Å². The number of ether oxygens (including phenoxy) is 2. The highest BCUT2D eigenvalue weighted by Gasteiger charge is 2.41. The Balaban J connectivity index is 2.15. The number of carbonyl (C=O) groups excluding carboxylic acids is 1. The first-order valence-electron chi connectivity index (χ1n) is 5.92. The molecule has 0 radical (unpaired) electrons. The maximum absolute atomic E-state index is 10.9. The zero-order valence-electron chi connectivity index (χ0n) is 10.0. The van der Waals surface area contributed by atoms with Crippen molar-refractivity contribution in [1.29, 1.82) is 0 Å². The number of hydrogen-bond acceptors (Lipinski definition) is 3. The lowest BCUT2D eigenvalue weighted by molar-refractivity contribution is 0.0354. The largest absolute Gasteiger partial charge is 0.493 e. The zero-order valence-corrected chi connectivity index (χ0v) is 11.6. The van der Waals surface area contributed by atoms with E-state index in [2.05, 4.69) is 22.0 Å². The zero-order chi connectivity index (χ0) is 12.8. The molecule has 0 amide bonds. The van der Waals surface area contributed by atoms with Crippen LogP contribution in [0, 0.1) is 0 Å². The number of rotatable bonds is 2. The van der Waals surface area contributed by atoms with Gasteiger partial charge in [-0.15, -0.1) is 0 Å². The molecule has 3 rings (SSSR count).